The second kappa shape index (κ2) is 6.58. The minimum absolute atomic E-state index is 0.101. The van der Waals surface area contributed by atoms with Gasteiger partial charge in [-0.3, -0.25) is 4.79 Å². The van der Waals surface area contributed by atoms with E-state index in [1.807, 2.05) is 36.9 Å². The highest BCUT2D eigenvalue weighted by Crippen LogP contribution is 2.30. The molecule has 0 aromatic heterocycles. The van der Waals surface area contributed by atoms with E-state index in [0.29, 0.717) is 5.92 Å². The van der Waals surface area contributed by atoms with Crippen LogP contribution in [0.1, 0.15) is 41.3 Å². The molecule has 1 aromatic rings. The van der Waals surface area contributed by atoms with E-state index in [1.54, 1.807) is 0 Å². The van der Waals surface area contributed by atoms with E-state index in [2.05, 4.69) is 11.8 Å². The fraction of sp³-hybridized carbons (Fsp3) is 0.471. The first-order valence-corrected chi connectivity index (χ1v) is 7.15. The number of rotatable bonds is 4. The Bertz CT molecular complexity index is 550. The lowest BCUT2D eigenvalue weighted by atomic mass is 10.0. The maximum Gasteiger partial charge on any atom is 0.253 e. The molecule has 0 unspecified atom stereocenters. The molecule has 0 radical (unpaired) electrons. The maximum atomic E-state index is 12.5. The second-order valence-corrected chi connectivity index (χ2v) is 5.28. The van der Waals surface area contributed by atoms with Crippen LogP contribution in [0.3, 0.4) is 0 Å². The Hall–Kier alpha value is -1.79. The summed E-state index contributed by atoms with van der Waals surface area (Å²) >= 11 is 0. The van der Waals surface area contributed by atoms with Crippen molar-refractivity contribution in [3.05, 3.63) is 34.9 Å². The lowest BCUT2D eigenvalue weighted by Crippen LogP contribution is -2.32. The third-order valence-electron chi connectivity index (χ3n) is 3.62. The summed E-state index contributed by atoms with van der Waals surface area (Å²) < 4.78 is 0. The number of aryl methyl sites for hydroxylation is 1. The second-order valence-electron chi connectivity index (χ2n) is 5.28. The van der Waals surface area contributed by atoms with Gasteiger partial charge in [0.15, 0.2) is 0 Å². The highest BCUT2D eigenvalue weighted by atomic mass is 16.2. The van der Waals surface area contributed by atoms with Crippen LogP contribution in [0.5, 0.6) is 0 Å². The molecule has 1 aliphatic rings. The summed E-state index contributed by atoms with van der Waals surface area (Å²) in [6, 6.07) is 5.57. The molecule has 2 rings (SSSR count). The van der Waals surface area contributed by atoms with Crippen molar-refractivity contribution in [2.24, 2.45) is 5.92 Å². The smallest absolute Gasteiger partial charge is 0.253 e. The standard InChI is InChI=1S/C17H21NO2/c1-3-18(12-14-6-7-14)17(20)16-9-8-15(5-4-10-19)13(2)11-16/h8-9,11,14,19H,3,6-7,10,12H2,1-2H3. The summed E-state index contributed by atoms with van der Waals surface area (Å²) in [5, 5.41) is 8.72. The highest BCUT2D eigenvalue weighted by molar-refractivity contribution is 5.94. The number of hydrogen-bond acceptors (Lipinski definition) is 2. The van der Waals surface area contributed by atoms with Crippen molar-refractivity contribution < 1.29 is 9.90 Å². The zero-order valence-electron chi connectivity index (χ0n) is 12.1. The average Bonchev–Trinajstić information content (AvgIpc) is 3.26. The van der Waals surface area contributed by atoms with Crippen molar-refractivity contribution in [1.82, 2.24) is 4.90 Å². The number of nitrogens with zero attached hydrogens (tertiary/aromatic N) is 1. The first-order valence-electron chi connectivity index (χ1n) is 7.15. The molecule has 0 atom stereocenters. The predicted octanol–water partition coefficient (Wildman–Crippen LogP) is 2.21. The summed E-state index contributed by atoms with van der Waals surface area (Å²) in [6.45, 7) is 5.44. The molecule has 3 heteroatoms. The zero-order chi connectivity index (χ0) is 14.5. The third-order valence-corrected chi connectivity index (χ3v) is 3.62. The van der Waals surface area contributed by atoms with Crippen LogP contribution in [-0.2, 0) is 0 Å². The van der Waals surface area contributed by atoms with Gasteiger partial charge >= 0.3 is 0 Å². The van der Waals surface area contributed by atoms with Crippen molar-refractivity contribution in [2.45, 2.75) is 26.7 Å². The van der Waals surface area contributed by atoms with Crippen LogP contribution in [0.4, 0.5) is 0 Å². The molecule has 0 aliphatic heterocycles. The van der Waals surface area contributed by atoms with E-state index in [4.69, 9.17) is 5.11 Å². The average molecular weight is 271 g/mol. The molecule has 1 fully saturated rings. The molecule has 0 spiro atoms. The number of hydrogen-bond donors (Lipinski definition) is 1. The van der Waals surface area contributed by atoms with Gasteiger partial charge in [-0.2, -0.15) is 0 Å². The van der Waals surface area contributed by atoms with E-state index < -0.39 is 0 Å². The molecule has 0 heterocycles. The van der Waals surface area contributed by atoms with Crippen molar-refractivity contribution in [3.63, 3.8) is 0 Å². The van der Waals surface area contributed by atoms with Gasteiger partial charge in [-0.25, -0.2) is 0 Å². The fourth-order valence-corrected chi connectivity index (χ4v) is 2.22. The zero-order valence-corrected chi connectivity index (χ0v) is 12.1. The lowest BCUT2D eigenvalue weighted by Gasteiger charge is -2.21. The molecule has 106 valence electrons. The minimum Gasteiger partial charge on any atom is -0.384 e. The summed E-state index contributed by atoms with van der Waals surface area (Å²) in [6.07, 6.45) is 2.50. The molecule has 3 nitrogen and oxygen atoms in total. The van der Waals surface area contributed by atoms with Crippen LogP contribution < -0.4 is 0 Å². The monoisotopic (exact) mass is 271 g/mol. The molecule has 1 amide bonds. The van der Waals surface area contributed by atoms with Gasteiger partial charge in [0.25, 0.3) is 5.91 Å². The quantitative estimate of drug-likeness (QED) is 0.853. The van der Waals surface area contributed by atoms with E-state index in [0.717, 1.165) is 29.8 Å². The summed E-state index contributed by atoms with van der Waals surface area (Å²) in [4.78, 5) is 14.4. The van der Waals surface area contributed by atoms with Gasteiger partial charge in [-0.05, 0) is 56.4 Å². The molecular formula is C17H21NO2. The Morgan fingerprint density at radius 1 is 1.45 bits per heavy atom. The van der Waals surface area contributed by atoms with Gasteiger partial charge in [0.1, 0.15) is 6.61 Å². The Balaban J connectivity index is 2.14. The lowest BCUT2D eigenvalue weighted by molar-refractivity contribution is 0.0757. The molecule has 1 saturated carbocycles. The van der Waals surface area contributed by atoms with Crippen molar-refractivity contribution in [3.8, 4) is 11.8 Å². The summed E-state index contributed by atoms with van der Waals surface area (Å²) in [5.41, 5.74) is 2.56. The van der Waals surface area contributed by atoms with Crippen LogP contribution in [0.25, 0.3) is 0 Å². The van der Waals surface area contributed by atoms with Gasteiger partial charge in [-0.1, -0.05) is 11.8 Å². The molecule has 1 N–H and O–H groups in total. The van der Waals surface area contributed by atoms with Gasteiger partial charge in [-0.15, -0.1) is 0 Å². The summed E-state index contributed by atoms with van der Waals surface area (Å²) in [7, 11) is 0. The highest BCUT2D eigenvalue weighted by Gasteiger charge is 2.26. The molecular weight excluding hydrogens is 250 g/mol. The van der Waals surface area contributed by atoms with E-state index >= 15 is 0 Å². The van der Waals surface area contributed by atoms with Crippen LogP contribution in [0.15, 0.2) is 18.2 Å². The number of aliphatic hydroxyl groups is 1. The van der Waals surface area contributed by atoms with Crippen LogP contribution in [-0.4, -0.2) is 35.6 Å². The number of carbonyl (C=O) groups is 1. The van der Waals surface area contributed by atoms with Crippen LogP contribution >= 0.6 is 0 Å². The molecule has 1 aromatic carbocycles. The number of benzene rings is 1. The van der Waals surface area contributed by atoms with Crippen molar-refractivity contribution >= 4 is 5.91 Å². The van der Waals surface area contributed by atoms with Gasteiger partial charge < -0.3 is 10.0 Å². The van der Waals surface area contributed by atoms with E-state index in [-0.39, 0.29) is 12.5 Å². The maximum absolute atomic E-state index is 12.5. The van der Waals surface area contributed by atoms with Crippen molar-refractivity contribution in [2.75, 3.05) is 19.7 Å². The Morgan fingerprint density at radius 3 is 2.75 bits per heavy atom. The Kier molecular flexibility index (Phi) is 4.81. The van der Waals surface area contributed by atoms with Gasteiger partial charge in [0, 0.05) is 24.2 Å². The number of aliphatic hydroxyl groups excluding tert-OH is 1. The first-order chi connectivity index (χ1) is 9.65. The molecule has 0 bridgehead atoms. The first kappa shape index (κ1) is 14.6. The number of carbonyl (C=O) groups excluding carboxylic acids is 1. The number of amides is 1. The summed E-state index contributed by atoms with van der Waals surface area (Å²) in [5.74, 6) is 6.33. The fourth-order valence-electron chi connectivity index (χ4n) is 2.22. The van der Waals surface area contributed by atoms with Gasteiger partial charge in [0.05, 0.1) is 0 Å². The van der Waals surface area contributed by atoms with Crippen LogP contribution in [0, 0.1) is 24.7 Å². The Morgan fingerprint density at radius 2 is 2.20 bits per heavy atom. The normalized spacial score (nSPS) is 13.6. The molecule has 1 aliphatic carbocycles. The van der Waals surface area contributed by atoms with Gasteiger partial charge in [0.2, 0.25) is 0 Å². The minimum atomic E-state index is -0.148. The van der Waals surface area contributed by atoms with E-state index in [1.165, 1.54) is 12.8 Å². The predicted molar refractivity (Wildman–Crippen MR) is 79.4 cm³/mol. The Labute approximate surface area is 120 Å². The largest absolute Gasteiger partial charge is 0.384 e. The SMILES string of the molecule is CCN(CC1CC1)C(=O)c1ccc(C#CCO)c(C)c1. The molecule has 20 heavy (non-hydrogen) atoms. The van der Waals surface area contributed by atoms with Crippen molar-refractivity contribution in [1.29, 1.82) is 0 Å². The van der Waals surface area contributed by atoms with E-state index in [9.17, 15) is 4.79 Å². The van der Waals surface area contributed by atoms with Crippen LogP contribution in [0.2, 0.25) is 0 Å². The topological polar surface area (TPSA) is 40.5 Å². The third kappa shape index (κ3) is 3.61. The molecule has 0 saturated heterocycles.